The molecule has 2 aliphatic rings. The molecule has 2 aromatic carbocycles. The van der Waals surface area contributed by atoms with Gasteiger partial charge < -0.3 is 19.6 Å². The van der Waals surface area contributed by atoms with E-state index in [1.165, 1.54) is 0 Å². The van der Waals surface area contributed by atoms with Crippen LogP contribution in [0.4, 0.5) is 17.1 Å². The van der Waals surface area contributed by atoms with Crippen molar-refractivity contribution in [2.45, 2.75) is 19.4 Å². The normalized spacial score (nSPS) is 18.0. The summed E-state index contributed by atoms with van der Waals surface area (Å²) in [7, 11) is 0. The molecule has 0 spiro atoms. The number of carbonyl (C=O) groups is 1. The first-order valence-electron chi connectivity index (χ1n) is 8.66. The number of anilines is 3. The molecule has 0 bridgehead atoms. The van der Waals surface area contributed by atoms with Crippen molar-refractivity contribution in [3.8, 4) is 5.75 Å². The Labute approximate surface area is 189 Å². The number of carboxylic acid groups (broad SMARTS) is 1. The van der Waals surface area contributed by atoms with Crippen molar-refractivity contribution >= 4 is 68.5 Å². The number of ether oxygens (including phenoxy) is 1. The van der Waals surface area contributed by atoms with Crippen molar-refractivity contribution < 1.29 is 14.6 Å². The van der Waals surface area contributed by atoms with Gasteiger partial charge in [-0.2, -0.15) is 0 Å². The van der Waals surface area contributed by atoms with Gasteiger partial charge in [-0.05, 0) is 50.2 Å². The third kappa shape index (κ3) is 4.14. The second kappa shape index (κ2) is 7.66. The van der Waals surface area contributed by atoms with E-state index in [0.29, 0.717) is 13.1 Å². The van der Waals surface area contributed by atoms with Crippen LogP contribution in [0.15, 0.2) is 46.9 Å². The zero-order valence-corrected chi connectivity index (χ0v) is 16.4. The van der Waals surface area contributed by atoms with E-state index in [1.54, 1.807) is 0 Å². The Morgan fingerprint density at radius 3 is 2.59 bits per heavy atom. The average molecular weight is 441 g/mol. The number of hydrogen-bond acceptors (Lipinski definition) is 4. The van der Waals surface area contributed by atoms with Crippen LogP contribution in [0.3, 0.4) is 0 Å². The number of halogens is 1. The predicted octanol–water partition coefficient (Wildman–Crippen LogP) is 3.63. The second-order valence-corrected chi connectivity index (χ2v) is 8.44. The number of aliphatic carboxylic acids is 1. The molecule has 0 radical (unpaired) electrons. The van der Waals surface area contributed by atoms with Crippen molar-refractivity contribution in [2.24, 2.45) is 5.92 Å². The molecule has 5 nitrogen and oxygen atoms in total. The first-order chi connectivity index (χ1) is 12.3. The first kappa shape index (κ1) is 20.5. The molecule has 27 heavy (non-hydrogen) atoms. The summed E-state index contributed by atoms with van der Waals surface area (Å²) in [5.41, 5.74) is 2.87. The number of carboxylic acids is 1. The summed E-state index contributed by atoms with van der Waals surface area (Å²) in [4.78, 5) is 15.4. The fourth-order valence-electron chi connectivity index (χ4n) is 3.52. The molecule has 1 N–H and O–H groups in total. The standard InChI is InChI=1S/C20H21BrN2O3.Na.H/c1-20(2)12-23(17-7-6-14(21)8-18(17)26-20)16-5-3-4-15(9-16)22-10-13(11-22)19(24)25;;/h3-9,13H,10-12H2,1-2H3,(H,24,25);;. The summed E-state index contributed by atoms with van der Waals surface area (Å²) in [5, 5.41) is 9.09. The molecular weight excluding hydrogens is 419 g/mol. The minimum absolute atomic E-state index is 0. The maximum atomic E-state index is 11.1. The number of fused-ring (bicyclic) bond motifs is 1. The van der Waals surface area contributed by atoms with Gasteiger partial charge in [0.05, 0.1) is 18.2 Å². The van der Waals surface area contributed by atoms with E-state index in [0.717, 1.165) is 33.8 Å². The van der Waals surface area contributed by atoms with Gasteiger partial charge in [-0.25, -0.2) is 0 Å². The molecule has 1 fully saturated rings. The van der Waals surface area contributed by atoms with Crippen LogP contribution >= 0.6 is 15.9 Å². The third-order valence-electron chi connectivity index (χ3n) is 4.88. The zero-order chi connectivity index (χ0) is 18.5. The molecule has 138 valence electrons. The summed E-state index contributed by atoms with van der Waals surface area (Å²) in [5.74, 6) is -0.123. The Bertz CT molecular complexity index is 868. The Hall–Kier alpha value is -1.21. The van der Waals surface area contributed by atoms with Gasteiger partial charge in [0.1, 0.15) is 11.4 Å². The van der Waals surface area contributed by atoms with Crippen LogP contribution < -0.4 is 14.5 Å². The molecule has 0 aromatic heterocycles. The quantitative estimate of drug-likeness (QED) is 0.738. The Balaban J connectivity index is 0.00000210. The molecule has 0 amide bonds. The summed E-state index contributed by atoms with van der Waals surface area (Å²) >= 11 is 3.52. The van der Waals surface area contributed by atoms with Crippen molar-refractivity contribution in [3.63, 3.8) is 0 Å². The number of nitrogens with zero attached hydrogens (tertiary/aromatic N) is 2. The van der Waals surface area contributed by atoms with Crippen LogP contribution in [0.25, 0.3) is 0 Å². The fourth-order valence-corrected chi connectivity index (χ4v) is 3.86. The molecule has 4 rings (SSSR count). The topological polar surface area (TPSA) is 53.0 Å². The summed E-state index contributed by atoms with van der Waals surface area (Å²) in [6.45, 7) is 6.04. The number of benzene rings is 2. The number of hydrogen-bond donors (Lipinski definition) is 1. The van der Waals surface area contributed by atoms with E-state index in [4.69, 9.17) is 9.84 Å². The zero-order valence-electron chi connectivity index (χ0n) is 14.8. The molecule has 2 aromatic rings. The third-order valence-corrected chi connectivity index (χ3v) is 5.37. The fraction of sp³-hybridized carbons (Fsp3) is 0.350. The van der Waals surface area contributed by atoms with Crippen molar-refractivity contribution in [1.29, 1.82) is 0 Å². The van der Waals surface area contributed by atoms with Crippen molar-refractivity contribution in [2.75, 3.05) is 29.4 Å². The van der Waals surface area contributed by atoms with Crippen LogP contribution in [-0.2, 0) is 4.79 Å². The Morgan fingerprint density at radius 1 is 1.19 bits per heavy atom. The SMILES string of the molecule is CC1(C)CN(c2cccc(N3CC(C(=O)O)C3)c2)c2ccc(Br)cc2O1.[NaH]. The van der Waals surface area contributed by atoms with Crippen LogP contribution in [-0.4, -0.2) is 65.9 Å². The summed E-state index contributed by atoms with van der Waals surface area (Å²) in [6, 6.07) is 14.4. The summed E-state index contributed by atoms with van der Waals surface area (Å²) in [6.07, 6.45) is 0. The molecule has 0 unspecified atom stereocenters. The molecule has 1 saturated heterocycles. The van der Waals surface area contributed by atoms with E-state index >= 15 is 0 Å². The van der Waals surface area contributed by atoms with Gasteiger partial charge in [-0.1, -0.05) is 22.0 Å². The van der Waals surface area contributed by atoms with E-state index < -0.39 is 5.97 Å². The van der Waals surface area contributed by atoms with Crippen molar-refractivity contribution in [3.05, 3.63) is 46.9 Å². The second-order valence-electron chi connectivity index (χ2n) is 7.52. The molecule has 2 aliphatic heterocycles. The van der Waals surface area contributed by atoms with Gasteiger partial charge in [0, 0.05) is 28.9 Å². The van der Waals surface area contributed by atoms with Gasteiger partial charge in [-0.3, -0.25) is 4.79 Å². The van der Waals surface area contributed by atoms with Crippen LogP contribution in [0.2, 0.25) is 0 Å². The monoisotopic (exact) mass is 440 g/mol. The Morgan fingerprint density at radius 2 is 1.89 bits per heavy atom. The predicted molar refractivity (Wildman–Crippen MR) is 113 cm³/mol. The van der Waals surface area contributed by atoms with E-state index in [-0.39, 0.29) is 41.1 Å². The molecule has 0 aliphatic carbocycles. The van der Waals surface area contributed by atoms with Crippen LogP contribution in [0, 0.1) is 5.92 Å². The molecule has 0 atom stereocenters. The van der Waals surface area contributed by atoms with Gasteiger partial charge in [-0.15, -0.1) is 0 Å². The van der Waals surface area contributed by atoms with Gasteiger partial charge in [0.25, 0.3) is 0 Å². The van der Waals surface area contributed by atoms with E-state index in [2.05, 4.69) is 57.8 Å². The number of rotatable bonds is 3. The maximum absolute atomic E-state index is 11.1. The average Bonchev–Trinajstić information content (AvgIpc) is 2.51. The van der Waals surface area contributed by atoms with Gasteiger partial charge >= 0.3 is 35.5 Å². The van der Waals surface area contributed by atoms with E-state index in [1.807, 2.05) is 24.3 Å². The van der Waals surface area contributed by atoms with Gasteiger partial charge in [0.15, 0.2) is 0 Å². The molecule has 2 heterocycles. The molecular formula is C20H22BrN2NaO3. The van der Waals surface area contributed by atoms with Gasteiger partial charge in [0.2, 0.25) is 0 Å². The van der Waals surface area contributed by atoms with Crippen LogP contribution in [0.5, 0.6) is 5.75 Å². The summed E-state index contributed by atoms with van der Waals surface area (Å²) < 4.78 is 7.14. The molecule has 0 saturated carbocycles. The minimum atomic E-state index is -0.716. The van der Waals surface area contributed by atoms with E-state index in [9.17, 15) is 4.79 Å². The van der Waals surface area contributed by atoms with Crippen molar-refractivity contribution in [1.82, 2.24) is 0 Å². The first-order valence-corrected chi connectivity index (χ1v) is 9.46. The molecule has 7 heteroatoms. The van der Waals surface area contributed by atoms with Crippen LogP contribution in [0.1, 0.15) is 13.8 Å². The Kier molecular flexibility index (Phi) is 5.82.